The Bertz CT molecular complexity index is 467. The van der Waals surface area contributed by atoms with Gasteiger partial charge in [0.2, 0.25) is 5.91 Å². The predicted octanol–water partition coefficient (Wildman–Crippen LogP) is 2.82. The second-order valence-corrected chi connectivity index (χ2v) is 6.47. The Morgan fingerprint density at radius 2 is 1.86 bits per heavy atom. The van der Waals surface area contributed by atoms with Gasteiger partial charge in [0.25, 0.3) is 0 Å². The summed E-state index contributed by atoms with van der Waals surface area (Å²) in [5.41, 5.74) is 6.94. The first-order valence-corrected chi connectivity index (χ1v) is 7.81. The maximum atomic E-state index is 12.5. The Morgan fingerprint density at radius 3 is 2.43 bits per heavy atom. The van der Waals surface area contributed by atoms with Gasteiger partial charge in [-0.3, -0.25) is 4.79 Å². The van der Waals surface area contributed by atoms with Gasteiger partial charge in [0.15, 0.2) is 0 Å². The minimum atomic E-state index is -0.607. The summed E-state index contributed by atoms with van der Waals surface area (Å²) in [5.74, 6) is 0.715. The lowest BCUT2D eigenvalue weighted by molar-refractivity contribution is -0.127. The number of amides is 1. The SMILES string of the molecule is Cl.NC1(C(=O)NC(Cc2ccccc2)C2CC2)CCCC1. The standard InChI is InChI=1S/C17H24N2O.ClH/c18-17(10-4-5-11-17)16(20)19-15(14-8-9-14)12-13-6-2-1-3-7-13;/h1-3,6-7,14-15H,4-5,8-12,18H2,(H,19,20);1H. The summed E-state index contributed by atoms with van der Waals surface area (Å²) < 4.78 is 0. The zero-order valence-electron chi connectivity index (χ0n) is 12.4. The molecule has 2 saturated carbocycles. The van der Waals surface area contributed by atoms with Crippen LogP contribution in [-0.4, -0.2) is 17.5 Å². The van der Waals surface area contributed by atoms with Crippen LogP contribution in [0, 0.1) is 5.92 Å². The van der Waals surface area contributed by atoms with Gasteiger partial charge in [-0.1, -0.05) is 43.2 Å². The summed E-state index contributed by atoms with van der Waals surface area (Å²) >= 11 is 0. The number of carbonyl (C=O) groups excluding carboxylic acids is 1. The smallest absolute Gasteiger partial charge is 0.240 e. The van der Waals surface area contributed by atoms with Gasteiger partial charge in [-0.2, -0.15) is 0 Å². The zero-order chi connectivity index (χ0) is 14.0. The lowest BCUT2D eigenvalue weighted by Gasteiger charge is -2.27. The van der Waals surface area contributed by atoms with Crippen molar-refractivity contribution in [2.45, 2.75) is 56.5 Å². The van der Waals surface area contributed by atoms with Gasteiger partial charge in [0.1, 0.15) is 0 Å². The Balaban J connectivity index is 0.00000161. The topological polar surface area (TPSA) is 55.1 Å². The first-order chi connectivity index (χ1) is 9.67. The normalized spacial score (nSPS) is 21.4. The van der Waals surface area contributed by atoms with Crippen LogP contribution in [0.2, 0.25) is 0 Å². The number of hydrogen-bond donors (Lipinski definition) is 2. The number of rotatable bonds is 5. The van der Waals surface area contributed by atoms with Crippen molar-refractivity contribution in [3.05, 3.63) is 35.9 Å². The monoisotopic (exact) mass is 308 g/mol. The fourth-order valence-electron chi connectivity index (χ4n) is 3.25. The molecule has 0 heterocycles. The van der Waals surface area contributed by atoms with Gasteiger partial charge < -0.3 is 11.1 Å². The Morgan fingerprint density at radius 1 is 1.24 bits per heavy atom. The molecule has 2 aliphatic rings. The average molecular weight is 309 g/mol. The van der Waals surface area contributed by atoms with Crippen molar-refractivity contribution in [1.29, 1.82) is 0 Å². The molecule has 1 atom stereocenters. The van der Waals surface area contributed by atoms with Crippen LogP contribution in [0.1, 0.15) is 44.1 Å². The van der Waals surface area contributed by atoms with E-state index in [1.54, 1.807) is 0 Å². The van der Waals surface area contributed by atoms with E-state index in [2.05, 4.69) is 29.6 Å². The van der Waals surface area contributed by atoms with Gasteiger partial charge in [0, 0.05) is 6.04 Å². The van der Waals surface area contributed by atoms with E-state index in [1.165, 1.54) is 18.4 Å². The highest BCUT2D eigenvalue weighted by atomic mass is 35.5. The number of halogens is 1. The molecule has 1 aromatic rings. The lowest BCUT2D eigenvalue weighted by Crippen LogP contribution is -2.55. The van der Waals surface area contributed by atoms with Gasteiger partial charge in [-0.25, -0.2) is 0 Å². The van der Waals surface area contributed by atoms with Crippen LogP contribution in [0.15, 0.2) is 30.3 Å². The first kappa shape index (κ1) is 16.3. The lowest BCUT2D eigenvalue weighted by atomic mass is 9.95. The predicted molar refractivity (Wildman–Crippen MR) is 87.4 cm³/mol. The summed E-state index contributed by atoms with van der Waals surface area (Å²) in [5, 5.41) is 3.25. The highest BCUT2D eigenvalue weighted by Crippen LogP contribution is 2.35. The molecular weight excluding hydrogens is 284 g/mol. The van der Waals surface area contributed by atoms with Crippen LogP contribution < -0.4 is 11.1 Å². The quantitative estimate of drug-likeness (QED) is 0.879. The molecule has 3 rings (SSSR count). The molecule has 0 radical (unpaired) electrons. The highest BCUT2D eigenvalue weighted by molar-refractivity contribution is 5.86. The van der Waals surface area contributed by atoms with Crippen LogP contribution in [0.3, 0.4) is 0 Å². The summed E-state index contributed by atoms with van der Waals surface area (Å²) in [6, 6.07) is 10.7. The van der Waals surface area contributed by atoms with Crippen LogP contribution in [0.5, 0.6) is 0 Å². The third-order valence-electron chi connectivity index (χ3n) is 4.75. The molecule has 2 fully saturated rings. The molecule has 116 valence electrons. The molecule has 1 amide bonds. The fourth-order valence-corrected chi connectivity index (χ4v) is 3.25. The summed E-state index contributed by atoms with van der Waals surface area (Å²) in [4.78, 5) is 12.5. The van der Waals surface area contributed by atoms with Gasteiger partial charge in [-0.15, -0.1) is 12.4 Å². The van der Waals surface area contributed by atoms with E-state index in [-0.39, 0.29) is 24.4 Å². The molecule has 0 saturated heterocycles. The maximum absolute atomic E-state index is 12.5. The van der Waals surface area contributed by atoms with Crippen molar-refractivity contribution in [3.63, 3.8) is 0 Å². The zero-order valence-corrected chi connectivity index (χ0v) is 13.2. The molecule has 0 aliphatic heterocycles. The second-order valence-electron chi connectivity index (χ2n) is 6.47. The minimum Gasteiger partial charge on any atom is -0.351 e. The van der Waals surface area contributed by atoms with E-state index in [4.69, 9.17) is 5.73 Å². The Hall–Kier alpha value is -1.06. The summed E-state index contributed by atoms with van der Waals surface area (Å²) in [7, 11) is 0. The number of nitrogens with one attached hydrogen (secondary N) is 1. The van der Waals surface area contributed by atoms with Gasteiger partial charge >= 0.3 is 0 Å². The number of carbonyl (C=O) groups is 1. The molecule has 3 nitrogen and oxygen atoms in total. The molecule has 0 spiro atoms. The number of hydrogen-bond acceptors (Lipinski definition) is 2. The van der Waals surface area contributed by atoms with Crippen molar-refractivity contribution in [2.75, 3.05) is 0 Å². The van der Waals surface area contributed by atoms with E-state index < -0.39 is 5.54 Å². The number of benzene rings is 1. The van der Waals surface area contributed by atoms with Crippen molar-refractivity contribution in [1.82, 2.24) is 5.32 Å². The van der Waals surface area contributed by atoms with E-state index in [9.17, 15) is 4.79 Å². The van der Waals surface area contributed by atoms with E-state index in [0.717, 1.165) is 32.1 Å². The van der Waals surface area contributed by atoms with Crippen molar-refractivity contribution < 1.29 is 4.79 Å². The van der Waals surface area contributed by atoms with Gasteiger partial charge in [-0.05, 0) is 43.6 Å². The van der Waals surface area contributed by atoms with E-state index >= 15 is 0 Å². The third-order valence-corrected chi connectivity index (χ3v) is 4.75. The molecule has 21 heavy (non-hydrogen) atoms. The highest BCUT2D eigenvalue weighted by Gasteiger charge is 2.40. The first-order valence-electron chi connectivity index (χ1n) is 7.81. The van der Waals surface area contributed by atoms with Crippen LogP contribution in [0.4, 0.5) is 0 Å². The molecule has 1 unspecified atom stereocenters. The van der Waals surface area contributed by atoms with Crippen molar-refractivity contribution in [3.8, 4) is 0 Å². The summed E-state index contributed by atoms with van der Waals surface area (Å²) in [6.45, 7) is 0. The third kappa shape index (κ3) is 3.98. The Kier molecular flexibility index (Phi) is 5.28. The molecule has 1 aromatic carbocycles. The Labute approximate surface area is 133 Å². The van der Waals surface area contributed by atoms with Crippen LogP contribution in [0.25, 0.3) is 0 Å². The molecule has 3 N–H and O–H groups in total. The van der Waals surface area contributed by atoms with E-state index in [0.29, 0.717) is 5.92 Å². The summed E-state index contributed by atoms with van der Waals surface area (Å²) in [6.07, 6.45) is 7.22. The van der Waals surface area contributed by atoms with Crippen LogP contribution >= 0.6 is 12.4 Å². The second kappa shape index (κ2) is 6.80. The number of nitrogens with two attached hydrogens (primary N) is 1. The molecular formula is C17H25ClN2O. The van der Waals surface area contributed by atoms with E-state index in [1.807, 2.05) is 6.07 Å². The largest absolute Gasteiger partial charge is 0.351 e. The fraction of sp³-hybridized carbons (Fsp3) is 0.588. The van der Waals surface area contributed by atoms with Crippen LogP contribution in [-0.2, 0) is 11.2 Å². The maximum Gasteiger partial charge on any atom is 0.240 e. The minimum absolute atomic E-state index is 0. The molecule has 0 aromatic heterocycles. The molecule has 4 heteroatoms. The average Bonchev–Trinajstić information content (AvgIpc) is 3.21. The molecule has 0 bridgehead atoms. The van der Waals surface area contributed by atoms with Crippen molar-refractivity contribution >= 4 is 18.3 Å². The van der Waals surface area contributed by atoms with Gasteiger partial charge in [0.05, 0.1) is 5.54 Å². The molecule has 2 aliphatic carbocycles. The van der Waals surface area contributed by atoms with Crippen molar-refractivity contribution in [2.24, 2.45) is 11.7 Å².